The first kappa shape index (κ1) is 15.5. The molecule has 0 saturated carbocycles. The average Bonchev–Trinajstić information content (AvgIpc) is 2.51. The normalized spacial score (nSPS) is 23.3. The Morgan fingerprint density at radius 1 is 1.22 bits per heavy atom. The Morgan fingerprint density at radius 3 is 2.65 bits per heavy atom. The molecule has 1 aliphatic rings. The van der Waals surface area contributed by atoms with Gasteiger partial charge in [-0.2, -0.15) is 0 Å². The number of rotatable bonds is 2. The summed E-state index contributed by atoms with van der Waals surface area (Å²) in [7, 11) is 0. The molecule has 1 unspecified atom stereocenters. The number of benzene rings is 1. The molecule has 0 bridgehead atoms. The summed E-state index contributed by atoms with van der Waals surface area (Å²) in [6.07, 6.45) is 1.82. The summed E-state index contributed by atoms with van der Waals surface area (Å²) >= 11 is 0. The van der Waals surface area contributed by atoms with Crippen LogP contribution in [0.3, 0.4) is 0 Å². The molecule has 3 rings (SSSR count). The molecule has 2 heterocycles. The Hall–Kier alpha value is -2.36. The molecule has 0 fully saturated rings. The highest BCUT2D eigenvalue weighted by molar-refractivity contribution is 5.93. The average molecular weight is 309 g/mol. The molecule has 0 aliphatic carbocycles. The lowest BCUT2D eigenvalue weighted by molar-refractivity contribution is -0.117. The molecule has 1 N–H and O–H groups in total. The molecule has 1 aromatic carbocycles. The predicted octanol–water partition coefficient (Wildman–Crippen LogP) is 3.93. The maximum atomic E-state index is 12.1. The number of nitrogens with one attached hydrogen (secondary N) is 1. The number of anilines is 2. The zero-order valence-electron chi connectivity index (χ0n) is 14.1. The van der Waals surface area contributed by atoms with E-state index in [0.717, 1.165) is 17.1 Å². The van der Waals surface area contributed by atoms with E-state index in [9.17, 15) is 4.79 Å². The van der Waals surface area contributed by atoms with E-state index >= 15 is 0 Å². The Morgan fingerprint density at radius 2 is 1.96 bits per heavy atom. The lowest BCUT2D eigenvalue weighted by atomic mass is 9.83. The lowest BCUT2D eigenvalue weighted by Crippen LogP contribution is -2.48. The van der Waals surface area contributed by atoms with E-state index in [4.69, 9.17) is 0 Å². The quantitative estimate of drug-likeness (QED) is 0.914. The zero-order valence-corrected chi connectivity index (χ0v) is 14.1. The summed E-state index contributed by atoms with van der Waals surface area (Å²) in [5.41, 5.74) is 3.32. The van der Waals surface area contributed by atoms with Crippen molar-refractivity contribution in [1.82, 2.24) is 4.98 Å². The van der Waals surface area contributed by atoms with Gasteiger partial charge in [-0.25, -0.2) is 4.98 Å². The SMILES string of the molecule is CC(=O)N1c2ccccc2C(Nc2cc(C)ccn2)[C@@H](C)[C@@H]1C. The van der Waals surface area contributed by atoms with Gasteiger partial charge >= 0.3 is 0 Å². The molecule has 4 heteroatoms. The minimum absolute atomic E-state index is 0.0870. The third-order valence-corrected chi connectivity index (χ3v) is 4.78. The number of para-hydroxylation sites is 1. The summed E-state index contributed by atoms with van der Waals surface area (Å²) in [4.78, 5) is 18.5. The summed E-state index contributed by atoms with van der Waals surface area (Å²) in [6.45, 7) is 7.99. The highest BCUT2D eigenvalue weighted by Gasteiger charge is 2.37. The number of fused-ring (bicyclic) bond motifs is 1. The number of aromatic nitrogens is 1. The van der Waals surface area contributed by atoms with E-state index in [1.165, 1.54) is 5.56 Å². The van der Waals surface area contributed by atoms with Crippen molar-refractivity contribution in [3.63, 3.8) is 0 Å². The first-order valence-electron chi connectivity index (χ1n) is 8.07. The van der Waals surface area contributed by atoms with Crippen molar-refractivity contribution in [2.75, 3.05) is 10.2 Å². The van der Waals surface area contributed by atoms with E-state index in [1.54, 1.807) is 6.92 Å². The van der Waals surface area contributed by atoms with Gasteiger partial charge in [-0.15, -0.1) is 0 Å². The van der Waals surface area contributed by atoms with Gasteiger partial charge in [0, 0.05) is 30.8 Å². The van der Waals surface area contributed by atoms with Crippen LogP contribution in [0.2, 0.25) is 0 Å². The van der Waals surface area contributed by atoms with Crippen molar-refractivity contribution in [2.45, 2.75) is 39.8 Å². The third kappa shape index (κ3) is 2.81. The largest absolute Gasteiger partial charge is 0.363 e. The maximum Gasteiger partial charge on any atom is 0.224 e. The number of carbonyl (C=O) groups is 1. The third-order valence-electron chi connectivity index (χ3n) is 4.78. The summed E-state index contributed by atoms with van der Waals surface area (Å²) in [5, 5.41) is 3.57. The van der Waals surface area contributed by atoms with E-state index in [2.05, 4.69) is 43.2 Å². The lowest BCUT2D eigenvalue weighted by Gasteiger charge is -2.44. The topological polar surface area (TPSA) is 45.2 Å². The van der Waals surface area contributed by atoms with Crippen molar-refractivity contribution >= 4 is 17.4 Å². The summed E-state index contributed by atoms with van der Waals surface area (Å²) in [5.74, 6) is 1.24. The highest BCUT2D eigenvalue weighted by Crippen LogP contribution is 2.42. The molecule has 1 aliphatic heterocycles. The van der Waals surface area contributed by atoms with Gasteiger partial charge in [0.05, 0.1) is 6.04 Å². The minimum atomic E-state index is 0.0870. The Labute approximate surface area is 137 Å². The zero-order chi connectivity index (χ0) is 16.6. The molecule has 2 aromatic rings. The van der Waals surface area contributed by atoms with Crippen LogP contribution in [0.15, 0.2) is 42.6 Å². The molecule has 0 radical (unpaired) electrons. The van der Waals surface area contributed by atoms with Gasteiger partial charge in [-0.05, 0) is 43.2 Å². The van der Waals surface area contributed by atoms with E-state index in [0.29, 0.717) is 0 Å². The number of hydrogen-bond acceptors (Lipinski definition) is 3. The van der Waals surface area contributed by atoms with Gasteiger partial charge in [0.1, 0.15) is 5.82 Å². The van der Waals surface area contributed by atoms with Crippen LogP contribution in [-0.4, -0.2) is 16.9 Å². The maximum absolute atomic E-state index is 12.1. The van der Waals surface area contributed by atoms with Crippen LogP contribution >= 0.6 is 0 Å². The number of carbonyl (C=O) groups excluding carboxylic acids is 1. The van der Waals surface area contributed by atoms with Gasteiger partial charge in [0.15, 0.2) is 0 Å². The second-order valence-electron chi connectivity index (χ2n) is 6.39. The van der Waals surface area contributed by atoms with Gasteiger partial charge in [-0.1, -0.05) is 25.1 Å². The Kier molecular flexibility index (Phi) is 4.07. The number of pyridine rings is 1. The Balaban J connectivity index is 2.03. The van der Waals surface area contributed by atoms with E-state index < -0.39 is 0 Å². The van der Waals surface area contributed by atoms with Crippen molar-refractivity contribution in [3.05, 3.63) is 53.7 Å². The van der Waals surface area contributed by atoms with Gasteiger partial charge in [0.2, 0.25) is 5.91 Å². The van der Waals surface area contributed by atoms with Gasteiger partial charge in [0.25, 0.3) is 0 Å². The van der Waals surface area contributed by atoms with Crippen LogP contribution in [0.4, 0.5) is 11.5 Å². The second kappa shape index (κ2) is 6.03. The fourth-order valence-corrected chi connectivity index (χ4v) is 3.43. The smallest absolute Gasteiger partial charge is 0.224 e. The number of amides is 1. The van der Waals surface area contributed by atoms with Crippen LogP contribution in [0.1, 0.15) is 37.9 Å². The first-order chi connectivity index (χ1) is 11.0. The molecular formula is C19H23N3O. The fraction of sp³-hybridized carbons (Fsp3) is 0.368. The first-order valence-corrected chi connectivity index (χ1v) is 8.07. The Bertz CT molecular complexity index is 728. The second-order valence-corrected chi connectivity index (χ2v) is 6.39. The molecule has 1 amide bonds. The molecule has 3 atom stereocenters. The predicted molar refractivity (Wildman–Crippen MR) is 93.6 cm³/mol. The molecule has 4 nitrogen and oxygen atoms in total. The van der Waals surface area contributed by atoms with Crippen LogP contribution < -0.4 is 10.2 Å². The molecular weight excluding hydrogens is 286 g/mol. The van der Waals surface area contributed by atoms with Crippen molar-refractivity contribution < 1.29 is 4.79 Å². The fourth-order valence-electron chi connectivity index (χ4n) is 3.43. The molecule has 120 valence electrons. The molecule has 0 spiro atoms. The van der Waals surface area contributed by atoms with Crippen LogP contribution in [0.5, 0.6) is 0 Å². The van der Waals surface area contributed by atoms with E-state index in [1.807, 2.05) is 35.4 Å². The van der Waals surface area contributed by atoms with Crippen LogP contribution in [0, 0.1) is 12.8 Å². The molecule has 1 aromatic heterocycles. The minimum Gasteiger partial charge on any atom is -0.363 e. The van der Waals surface area contributed by atoms with E-state index in [-0.39, 0.29) is 23.9 Å². The number of nitrogens with zero attached hydrogens (tertiary/aromatic N) is 2. The van der Waals surface area contributed by atoms with Crippen molar-refractivity contribution in [3.8, 4) is 0 Å². The van der Waals surface area contributed by atoms with Crippen molar-refractivity contribution in [1.29, 1.82) is 0 Å². The monoisotopic (exact) mass is 309 g/mol. The number of hydrogen-bond donors (Lipinski definition) is 1. The summed E-state index contributed by atoms with van der Waals surface area (Å²) < 4.78 is 0. The number of aryl methyl sites for hydroxylation is 1. The molecule has 23 heavy (non-hydrogen) atoms. The van der Waals surface area contributed by atoms with Crippen molar-refractivity contribution in [2.24, 2.45) is 5.92 Å². The van der Waals surface area contributed by atoms with Gasteiger partial charge < -0.3 is 10.2 Å². The van der Waals surface area contributed by atoms with Crippen LogP contribution in [0.25, 0.3) is 0 Å². The standard InChI is InChI=1S/C19H23N3O/c1-12-9-10-20-18(11-12)21-19-13(2)14(3)22(15(4)23)17-8-6-5-7-16(17)19/h5-11,13-14,19H,1-4H3,(H,20,21)/t13-,14-,19?/m0/s1. The van der Waals surface area contributed by atoms with Gasteiger partial charge in [-0.3, -0.25) is 4.79 Å². The summed E-state index contributed by atoms with van der Waals surface area (Å²) in [6, 6.07) is 12.4. The van der Waals surface area contributed by atoms with Crippen LogP contribution in [-0.2, 0) is 4.79 Å². The molecule has 0 saturated heterocycles. The highest BCUT2D eigenvalue weighted by atomic mass is 16.2.